The fourth-order valence-electron chi connectivity index (χ4n) is 1.60. The predicted octanol–water partition coefficient (Wildman–Crippen LogP) is 1.06. The van der Waals surface area contributed by atoms with Crippen LogP contribution < -0.4 is 11.0 Å². The zero-order chi connectivity index (χ0) is 10.2. The lowest BCUT2D eigenvalue weighted by molar-refractivity contribution is -0.123. The Morgan fingerprint density at radius 2 is 2.29 bits per heavy atom. The molecule has 1 heterocycles. The summed E-state index contributed by atoms with van der Waals surface area (Å²) in [5.74, 6) is 0.209. The number of nitrogens with zero attached hydrogens (tertiary/aromatic N) is 1. The number of nitrogens with one attached hydrogen (secondary N) is 2. The number of rotatable bonds is 1. The minimum Gasteiger partial charge on any atom is -0.309 e. The summed E-state index contributed by atoms with van der Waals surface area (Å²) in [6.45, 7) is 3.99. The molecule has 0 amide bonds. The maximum absolute atomic E-state index is 11.7. The van der Waals surface area contributed by atoms with Gasteiger partial charge in [-0.2, -0.15) is 0 Å². The van der Waals surface area contributed by atoms with Gasteiger partial charge >= 0.3 is 0 Å². The zero-order valence-electron chi connectivity index (χ0n) is 8.50. The normalized spacial score (nSPS) is 24.9. The van der Waals surface area contributed by atoms with Crippen LogP contribution in [-0.2, 0) is 4.79 Å². The topological polar surface area (TPSA) is 44.4 Å². The SMILES string of the molecule is CC1(C)CCC(N2C=CNN2)=CC1=O. The molecule has 0 aromatic rings. The summed E-state index contributed by atoms with van der Waals surface area (Å²) < 4.78 is 0. The third-order valence-electron chi connectivity index (χ3n) is 2.77. The van der Waals surface area contributed by atoms with Crippen LogP contribution >= 0.6 is 0 Å². The van der Waals surface area contributed by atoms with E-state index in [9.17, 15) is 4.79 Å². The molecule has 0 spiro atoms. The number of allylic oxidation sites excluding steroid dienone is 2. The molecule has 4 heteroatoms. The Kier molecular flexibility index (Phi) is 2.07. The summed E-state index contributed by atoms with van der Waals surface area (Å²) in [4.78, 5) is 11.7. The van der Waals surface area contributed by atoms with Crippen molar-refractivity contribution in [3.05, 3.63) is 24.2 Å². The van der Waals surface area contributed by atoms with E-state index in [0.717, 1.165) is 18.5 Å². The van der Waals surface area contributed by atoms with Gasteiger partial charge in [-0.3, -0.25) is 9.80 Å². The van der Waals surface area contributed by atoms with Gasteiger partial charge in [0.05, 0.1) is 0 Å². The van der Waals surface area contributed by atoms with Crippen molar-refractivity contribution in [1.82, 2.24) is 16.0 Å². The van der Waals surface area contributed by atoms with Gasteiger partial charge in [0.1, 0.15) is 0 Å². The Hall–Kier alpha value is -1.29. The first-order valence-corrected chi connectivity index (χ1v) is 4.82. The van der Waals surface area contributed by atoms with Crippen molar-refractivity contribution in [2.24, 2.45) is 5.41 Å². The molecule has 0 saturated heterocycles. The third-order valence-corrected chi connectivity index (χ3v) is 2.77. The number of hydrogen-bond acceptors (Lipinski definition) is 4. The van der Waals surface area contributed by atoms with Gasteiger partial charge < -0.3 is 5.43 Å². The highest BCUT2D eigenvalue weighted by molar-refractivity contribution is 5.95. The Balaban J connectivity index is 2.16. The molecular formula is C10H15N3O. The van der Waals surface area contributed by atoms with Crippen LogP contribution in [0, 0.1) is 5.41 Å². The van der Waals surface area contributed by atoms with Gasteiger partial charge in [0.2, 0.25) is 0 Å². The number of carbonyl (C=O) groups excluding carboxylic acids is 1. The highest BCUT2D eigenvalue weighted by Crippen LogP contribution is 2.32. The van der Waals surface area contributed by atoms with Crippen LogP contribution in [0.25, 0.3) is 0 Å². The van der Waals surface area contributed by atoms with Crippen LogP contribution in [0.15, 0.2) is 24.2 Å². The summed E-state index contributed by atoms with van der Waals surface area (Å²) in [5.41, 5.74) is 6.60. The van der Waals surface area contributed by atoms with E-state index in [1.165, 1.54) is 0 Å². The average molecular weight is 193 g/mol. The Morgan fingerprint density at radius 3 is 2.86 bits per heavy atom. The second-order valence-corrected chi connectivity index (χ2v) is 4.33. The standard InChI is InChI=1S/C10H15N3O/c1-10(2)4-3-8(7-9(10)14)13-6-5-11-12-13/h5-7,11-12H,3-4H2,1-2H3. The molecule has 1 aliphatic carbocycles. The molecule has 14 heavy (non-hydrogen) atoms. The van der Waals surface area contributed by atoms with Crippen molar-refractivity contribution in [2.75, 3.05) is 0 Å². The average Bonchev–Trinajstić information content (AvgIpc) is 2.62. The number of ketones is 1. The first-order chi connectivity index (χ1) is 6.59. The maximum Gasteiger partial charge on any atom is 0.163 e. The van der Waals surface area contributed by atoms with E-state index in [4.69, 9.17) is 0 Å². The molecule has 0 aromatic carbocycles. The molecule has 2 rings (SSSR count). The molecule has 76 valence electrons. The summed E-state index contributed by atoms with van der Waals surface area (Å²) >= 11 is 0. The van der Waals surface area contributed by atoms with Gasteiger partial charge in [0, 0.05) is 29.6 Å². The molecule has 0 radical (unpaired) electrons. The smallest absolute Gasteiger partial charge is 0.163 e. The summed E-state index contributed by atoms with van der Waals surface area (Å²) in [7, 11) is 0. The van der Waals surface area contributed by atoms with Crippen molar-refractivity contribution in [3.8, 4) is 0 Å². The largest absolute Gasteiger partial charge is 0.309 e. The molecule has 0 unspecified atom stereocenters. The van der Waals surface area contributed by atoms with E-state index in [-0.39, 0.29) is 11.2 Å². The molecule has 0 aromatic heterocycles. The van der Waals surface area contributed by atoms with Gasteiger partial charge in [-0.25, -0.2) is 0 Å². The highest BCUT2D eigenvalue weighted by Gasteiger charge is 2.31. The van der Waals surface area contributed by atoms with Crippen molar-refractivity contribution in [1.29, 1.82) is 0 Å². The molecule has 0 atom stereocenters. The van der Waals surface area contributed by atoms with Gasteiger partial charge in [-0.05, 0) is 12.8 Å². The van der Waals surface area contributed by atoms with E-state index in [0.29, 0.717) is 0 Å². The molecule has 0 fully saturated rings. The molecule has 0 saturated carbocycles. The Bertz CT molecular complexity index is 317. The van der Waals surface area contributed by atoms with Crippen molar-refractivity contribution in [3.63, 3.8) is 0 Å². The summed E-state index contributed by atoms with van der Waals surface area (Å²) in [5, 5.41) is 1.84. The summed E-state index contributed by atoms with van der Waals surface area (Å²) in [6, 6.07) is 0. The summed E-state index contributed by atoms with van der Waals surface area (Å²) in [6.07, 6.45) is 7.23. The van der Waals surface area contributed by atoms with Crippen LogP contribution in [0.1, 0.15) is 26.7 Å². The van der Waals surface area contributed by atoms with Gasteiger partial charge in [-0.1, -0.05) is 13.8 Å². The van der Waals surface area contributed by atoms with Crippen LogP contribution in [0.2, 0.25) is 0 Å². The fourth-order valence-corrected chi connectivity index (χ4v) is 1.60. The van der Waals surface area contributed by atoms with E-state index in [1.807, 2.05) is 25.1 Å². The molecule has 0 bridgehead atoms. The van der Waals surface area contributed by atoms with Gasteiger partial charge in [0.25, 0.3) is 0 Å². The number of hydrogen-bond donors (Lipinski definition) is 2. The van der Waals surface area contributed by atoms with Crippen LogP contribution in [-0.4, -0.2) is 10.8 Å². The fraction of sp³-hybridized carbons (Fsp3) is 0.500. The molecule has 4 nitrogen and oxygen atoms in total. The molecular weight excluding hydrogens is 178 g/mol. The van der Waals surface area contributed by atoms with Gasteiger partial charge in [0.15, 0.2) is 5.78 Å². The van der Waals surface area contributed by atoms with E-state index >= 15 is 0 Å². The van der Waals surface area contributed by atoms with Gasteiger partial charge in [-0.15, -0.1) is 5.53 Å². The number of hydrazine groups is 2. The second-order valence-electron chi connectivity index (χ2n) is 4.33. The van der Waals surface area contributed by atoms with Crippen molar-refractivity contribution >= 4 is 5.78 Å². The van der Waals surface area contributed by atoms with E-state index in [2.05, 4.69) is 11.0 Å². The minimum absolute atomic E-state index is 0.194. The Morgan fingerprint density at radius 1 is 1.50 bits per heavy atom. The lowest BCUT2D eigenvalue weighted by Crippen LogP contribution is -2.38. The van der Waals surface area contributed by atoms with E-state index in [1.54, 1.807) is 12.3 Å². The van der Waals surface area contributed by atoms with Crippen LogP contribution in [0.3, 0.4) is 0 Å². The zero-order valence-corrected chi connectivity index (χ0v) is 8.50. The lowest BCUT2D eigenvalue weighted by atomic mass is 9.79. The van der Waals surface area contributed by atoms with Crippen molar-refractivity contribution < 1.29 is 4.79 Å². The lowest BCUT2D eigenvalue weighted by Gasteiger charge is -2.30. The number of carbonyl (C=O) groups is 1. The predicted molar refractivity (Wildman–Crippen MR) is 53.4 cm³/mol. The quantitative estimate of drug-likeness (QED) is 0.653. The molecule has 1 aliphatic heterocycles. The molecule has 2 aliphatic rings. The maximum atomic E-state index is 11.7. The van der Waals surface area contributed by atoms with Crippen molar-refractivity contribution in [2.45, 2.75) is 26.7 Å². The minimum atomic E-state index is -0.194. The first-order valence-electron chi connectivity index (χ1n) is 4.82. The monoisotopic (exact) mass is 193 g/mol. The highest BCUT2D eigenvalue weighted by atomic mass is 16.1. The second kappa shape index (κ2) is 3.13. The van der Waals surface area contributed by atoms with Crippen LogP contribution in [0.5, 0.6) is 0 Å². The first kappa shape index (κ1) is 9.27. The third kappa shape index (κ3) is 1.53. The van der Waals surface area contributed by atoms with E-state index < -0.39 is 0 Å². The molecule has 2 N–H and O–H groups in total. The Labute approximate surface area is 83.6 Å². The van der Waals surface area contributed by atoms with Crippen LogP contribution in [0.4, 0.5) is 0 Å².